The topological polar surface area (TPSA) is 124 Å². The third-order valence-corrected chi connectivity index (χ3v) is 7.57. The summed E-state index contributed by atoms with van der Waals surface area (Å²) >= 11 is 0. The fourth-order valence-electron chi connectivity index (χ4n) is 4.89. The number of imidazole rings is 1. The van der Waals surface area contributed by atoms with Crippen molar-refractivity contribution >= 4 is 45.6 Å². The van der Waals surface area contributed by atoms with Gasteiger partial charge in [-0.05, 0) is 49.8 Å². The van der Waals surface area contributed by atoms with Gasteiger partial charge in [-0.25, -0.2) is 14.2 Å². The van der Waals surface area contributed by atoms with Gasteiger partial charge < -0.3 is 29.8 Å². The second-order valence-corrected chi connectivity index (χ2v) is 10.4. The van der Waals surface area contributed by atoms with Crippen molar-refractivity contribution in [3.8, 4) is 0 Å². The lowest BCUT2D eigenvalue weighted by Gasteiger charge is -2.35. The van der Waals surface area contributed by atoms with E-state index >= 15 is 0 Å². The quantitative estimate of drug-likeness (QED) is 0.437. The molecule has 2 unspecified atom stereocenters. The molecule has 186 valence electrons. The van der Waals surface area contributed by atoms with Gasteiger partial charge in [0.05, 0.1) is 29.8 Å². The van der Waals surface area contributed by atoms with Crippen molar-refractivity contribution in [3.05, 3.63) is 42.4 Å². The SMILES string of the molecule is O=C1Nc2cn3ccnc3c(n2)NCCCCC2CCCN(C2)c2cc(NS(=O)CCO)ccc21. The van der Waals surface area contributed by atoms with Crippen LogP contribution in [0.15, 0.2) is 36.8 Å². The van der Waals surface area contributed by atoms with Gasteiger partial charge in [-0.3, -0.25) is 4.79 Å². The van der Waals surface area contributed by atoms with Crippen LogP contribution in [0.3, 0.4) is 0 Å². The Labute approximate surface area is 206 Å². The number of carbonyl (C=O) groups is 1. The number of aromatic nitrogens is 3. The first-order chi connectivity index (χ1) is 17.1. The van der Waals surface area contributed by atoms with Crippen LogP contribution in [0.2, 0.25) is 0 Å². The van der Waals surface area contributed by atoms with E-state index < -0.39 is 11.0 Å². The second kappa shape index (κ2) is 10.6. The van der Waals surface area contributed by atoms with Crippen LogP contribution in [0.1, 0.15) is 42.5 Å². The molecule has 1 fully saturated rings. The lowest BCUT2D eigenvalue weighted by molar-refractivity contribution is 0.102. The van der Waals surface area contributed by atoms with Gasteiger partial charge in [0.1, 0.15) is 11.0 Å². The zero-order valence-electron chi connectivity index (χ0n) is 19.6. The average molecular weight is 498 g/mol. The number of piperidine rings is 1. The van der Waals surface area contributed by atoms with E-state index in [1.54, 1.807) is 24.5 Å². The Morgan fingerprint density at radius 2 is 2.11 bits per heavy atom. The molecule has 0 radical (unpaired) electrons. The van der Waals surface area contributed by atoms with Gasteiger partial charge in [0.2, 0.25) is 0 Å². The highest BCUT2D eigenvalue weighted by Gasteiger charge is 2.25. The zero-order chi connectivity index (χ0) is 24.2. The van der Waals surface area contributed by atoms with Crippen LogP contribution in [0.25, 0.3) is 5.65 Å². The molecule has 0 aliphatic carbocycles. The molecule has 4 N–H and O–H groups in total. The number of hydrogen-bond donors (Lipinski definition) is 4. The number of fused-ring (bicyclic) bond motifs is 8. The van der Waals surface area contributed by atoms with Crippen LogP contribution in [0, 0.1) is 5.92 Å². The van der Waals surface area contributed by atoms with Gasteiger partial charge >= 0.3 is 0 Å². The Morgan fingerprint density at radius 3 is 3.00 bits per heavy atom. The molecule has 1 saturated heterocycles. The summed E-state index contributed by atoms with van der Waals surface area (Å²) in [5, 5.41) is 15.5. The van der Waals surface area contributed by atoms with E-state index in [4.69, 9.17) is 5.11 Å². The van der Waals surface area contributed by atoms with Crippen molar-refractivity contribution in [3.63, 3.8) is 0 Å². The summed E-state index contributed by atoms with van der Waals surface area (Å²) in [5.74, 6) is 1.53. The maximum atomic E-state index is 13.5. The lowest BCUT2D eigenvalue weighted by Crippen LogP contribution is -2.36. The molecule has 5 rings (SSSR count). The standard InChI is InChI=1S/C24H31N7O3S/c32-12-13-35(34)29-18-6-7-19-20(14-18)30-10-3-5-17(15-30)4-1-2-8-25-22-23-26-9-11-31(23)16-21(27-22)28-24(19)33/h6-7,9,11,14,16-17,29,32H,1-5,8,10,12-13,15H2,(H,25,27)(H,28,33). The van der Waals surface area contributed by atoms with Crippen LogP contribution in [-0.4, -0.2) is 61.6 Å². The molecule has 1 aromatic carbocycles. The minimum Gasteiger partial charge on any atom is -0.395 e. The monoisotopic (exact) mass is 497 g/mol. The van der Waals surface area contributed by atoms with Gasteiger partial charge in [0.25, 0.3) is 5.91 Å². The maximum absolute atomic E-state index is 13.5. The third-order valence-electron chi connectivity index (χ3n) is 6.56. The molecule has 2 atom stereocenters. The normalized spacial score (nSPS) is 19.6. The number of carbonyl (C=O) groups excluding carboxylic acids is 1. The zero-order valence-corrected chi connectivity index (χ0v) is 20.4. The molecule has 2 aliphatic heterocycles. The van der Waals surface area contributed by atoms with Crippen LogP contribution in [-0.2, 0) is 11.0 Å². The summed E-state index contributed by atoms with van der Waals surface area (Å²) in [4.78, 5) is 24.8. The van der Waals surface area contributed by atoms with E-state index in [1.165, 1.54) is 6.42 Å². The number of anilines is 4. The van der Waals surface area contributed by atoms with Crippen molar-refractivity contribution in [2.75, 3.05) is 52.2 Å². The van der Waals surface area contributed by atoms with E-state index in [2.05, 4.69) is 30.2 Å². The van der Waals surface area contributed by atoms with Crippen molar-refractivity contribution in [2.24, 2.45) is 5.92 Å². The Hall–Kier alpha value is -3.18. The van der Waals surface area contributed by atoms with Crippen molar-refractivity contribution < 1.29 is 14.1 Å². The summed E-state index contributed by atoms with van der Waals surface area (Å²) in [6, 6.07) is 5.41. The van der Waals surface area contributed by atoms with Gasteiger partial charge in [0, 0.05) is 37.7 Å². The van der Waals surface area contributed by atoms with Gasteiger partial charge in [-0.15, -0.1) is 0 Å². The van der Waals surface area contributed by atoms with Crippen molar-refractivity contribution in [1.82, 2.24) is 14.4 Å². The van der Waals surface area contributed by atoms with Crippen molar-refractivity contribution in [2.45, 2.75) is 32.1 Å². The van der Waals surface area contributed by atoms with Crippen molar-refractivity contribution in [1.29, 1.82) is 0 Å². The first-order valence-electron chi connectivity index (χ1n) is 12.1. The predicted octanol–water partition coefficient (Wildman–Crippen LogP) is 2.86. The minimum atomic E-state index is -1.39. The third kappa shape index (κ3) is 5.40. The Bertz CT molecular complexity index is 1230. The van der Waals surface area contributed by atoms with E-state index in [-0.39, 0.29) is 18.3 Å². The van der Waals surface area contributed by atoms with E-state index in [9.17, 15) is 9.00 Å². The number of nitrogens with one attached hydrogen (secondary N) is 3. The summed E-state index contributed by atoms with van der Waals surface area (Å²) in [7, 11) is -1.39. The predicted molar refractivity (Wildman–Crippen MR) is 138 cm³/mol. The van der Waals surface area contributed by atoms with Crippen LogP contribution in [0.5, 0.6) is 0 Å². The molecule has 0 saturated carbocycles. The smallest absolute Gasteiger partial charge is 0.258 e. The molecule has 4 heterocycles. The molecule has 2 aliphatic rings. The molecule has 1 amide bonds. The molecular formula is C24H31N7O3S. The highest BCUT2D eigenvalue weighted by Crippen LogP contribution is 2.32. The van der Waals surface area contributed by atoms with Crippen LogP contribution >= 0.6 is 0 Å². The van der Waals surface area contributed by atoms with E-state index in [0.29, 0.717) is 28.8 Å². The first-order valence-corrected chi connectivity index (χ1v) is 13.5. The van der Waals surface area contributed by atoms with Gasteiger partial charge in [-0.2, -0.15) is 0 Å². The summed E-state index contributed by atoms with van der Waals surface area (Å²) in [6.45, 7) is 2.39. The van der Waals surface area contributed by atoms with E-state index in [1.807, 2.05) is 16.7 Å². The Kier molecular flexibility index (Phi) is 7.14. The number of aliphatic hydroxyl groups is 1. The molecular weight excluding hydrogens is 466 g/mol. The highest BCUT2D eigenvalue weighted by atomic mass is 32.2. The number of hydrogen-bond acceptors (Lipinski definition) is 7. The average Bonchev–Trinajstić information content (AvgIpc) is 3.32. The molecule has 3 aromatic rings. The largest absolute Gasteiger partial charge is 0.395 e. The fraction of sp³-hybridized carbons (Fsp3) is 0.458. The van der Waals surface area contributed by atoms with E-state index in [0.717, 1.165) is 56.7 Å². The van der Waals surface area contributed by atoms with Gasteiger partial charge in [0.15, 0.2) is 17.3 Å². The molecule has 35 heavy (non-hydrogen) atoms. The number of amides is 1. The number of rotatable bonds is 4. The fourth-order valence-corrected chi connectivity index (χ4v) is 5.55. The number of nitrogens with zero attached hydrogens (tertiary/aromatic N) is 4. The van der Waals surface area contributed by atoms with Crippen LogP contribution < -0.4 is 20.3 Å². The maximum Gasteiger partial charge on any atom is 0.258 e. The second-order valence-electron chi connectivity index (χ2n) is 9.07. The summed E-state index contributed by atoms with van der Waals surface area (Å²) < 4.78 is 17.0. The summed E-state index contributed by atoms with van der Waals surface area (Å²) in [5.41, 5.74) is 2.74. The lowest BCUT2D eigenvalue weighted by atomic mass is 9.92. The molecule has 4 bridgehead atoms. The molecule has 0 spiro atoms. The highest BCUT2D eigenvalue weighted by molar-refractivity contribution is 7.86. The molecule has 10 nitrogen and oxygen atoms in total. The number of benzene rings is 1. The number of aliphatic hydroxyl groups excluding tert-OH is 1. The Morgan fingerprint density at radius 1 is 1.23 bits per heavy atom. The molecule has 2 aromatic heterocycles. The first kappa shape index (κ1) is 23.6. The summed E-state index contributed by atoms with van der Waals surface area (Å²) in [6.07, 6.45) is 10.8. The Balaban J connectivity index is 1.52. The van der Waals surface area contributed by atoms with Gasteiger partial charge in [-0.1, -0.05) is 6.42 Å². The molecule has 11 heteroatoms. The van der Waals surface area contributed by atoms with Crippen LogP contribution in [0.4, 0.5) is 23.0 Å². The minimum absolute atomic E-state index is 0.141.